The summed E-state index contributed by atoms with van der Waals surface area (Å²) in [5, 5.41) is 9.33. The highest BCUT2D eigenvalue weighted by atomic mass is 19.3. The van der Waals surface area contributed by atoms with Crippen LogP contribution < -0.4 is 15.2 Å². The molecule has 5 rings (SSSR count). The van der Waals surface area contributed by atoms with Gasteiger partial charge in [-0.25, -0.2) is 9.97 Å². The third-order valence-electron chi connectivity index (χ3n) is 7.03. The van der Waals surface area contributed by atoms with Crippen molar-refractivity contribution in [2.75, 3.05) is 31.1 Å². The van der Waals surface area contributed by atoms with Crippen LogP contribution in [0, 0.1) is 6.92 Å². The lowest BCUT2D eigenvalue weighted by Crippen LogP contribution is -2.55. The van der Waals surface area contributed by atoms with Gasteiger partial charge < -0.3 is 19.6 Å². The number of hydrogen-bond donors (Lipinski definition) is 1. The summed E-state index contributed by atoms with van der Waals surface area (Å²) >= 11 is 0. The third-order valence-corrected chi connectivity index (χ3v) is 7.03. The smallest absolute Gasteiger partial charge is 0.387 e. The van der Waals surface area contributed by atoms with Gasteiger partial charge in [-0.15, -0.1) is 0 Å². The Kier molecular flexibility index (Phi) is 6.50. The average molecular weight is 556 g/mol. The Morgan fingerprint density at radius 1 is 1.18 bits per heavy atom. The fraction of sp³-hybridized carbons (Fsp3) is 0.357. The number of anilines is 1. The van der Waals surface area contributed by atoms with E-state index < -0.39 is 25.8 Å². The van der Waals surface area contributed by atoms with Crippen LogP contribution in [0.25, 0.3) is 22.0 Å². The van der Waals surface area contributed by atoms with Crippen LogP contribution in [-0.4, -0.2) is 74.1 Å². The predicted octanol–water partition coefficient (Wildman–Crippen LogP) is 2.78. The standard InChI is InChI=1S/C28H30F2N6O4/c1-17-4-7-24(40-27(29)30)20(10-17)15-36-23-11-19(5-6-22(23)26(39)33(36)3)21-12-31-28(32-13-21)34-8-9-35(18(2)14-34)25(38)16-37/h4-7,10-13,18,27,37H,8-9,14-16H2,1-3H3/t18-/m1/s1/i3D3. The molecule has 10 nitrogen and oxygen atoms in total. The maximum absolute atomic E-state index is 13.3. The number of nitrogens with zero attached hydrogens (tertiary/aromatic N) is 6. The van der Waals surface area contributed by atoms with Crippen LogP contribution in [0.1, 0.15) is 22.2 Å². The van der Waals surface area contributed by atoms with E-state index in [2.05, 4.69) is 14.7 Å². The molecule has 1 aliphatic rings. The van der Waals surface area contributed by atoms with E-state index in [1.807, 2.05) is 11.8 Å². The molecule has 3 heterocycles. The van der Waals surface area contributed by atoms with Gasteiger partial charge >= 0.3 is 6.61 Å². The molecule has 0 saturated carbocycles. The fourth-order valence-electron chi connectivity index (χ4n) is 5.03. The number of halogens is 2. The second-order valence-electron chi connectivity index (χ2n) is 9.71. The number of aromatic nitrogens is 4. The number of carbonyl (C=O) groups is 1. The largest absolute Gasteiger partial charge is 0.434 e. The topological polar surface area (TPSA) is 106 Å². The van der Waals surface area contributed by atoms with Crippen molar-refractivity contribution >= 4 is 22.8 Å². The molecule has 0 aliphatic carbocycles. The number of amides is 1. The highest BCUT2D eigenvalue weighted by molar-refractivity contribution is 5.84. The van der Waals surface area contributed by atoms with Crippen LogP contribution in [0.5, 0.6) is 5.75 Å². The van der Waals surface area contributed by atoms with Crippen molar-refractivity contribution in [3.8, 4) is 16.9 Å². The summed E-state index contributed by atoms with van der Waals surface area (Å²) in [7, 11) is 0. The van der Waals surface area contributed by atoms with Gasteiger partial charge in [0.1, 0.15) is 12.4 Å². The van der Waals surface area contributed by atoms with E-state index in [9.17, 15) is 23.5 Å². The summed E-state index contributed by atoms with van der Waals surface area (Å²) < 4.78 is 56.9. The normalized spacial score (nSPS) is 17.1. The van der Waals surface area contributed by atoms with E-state index in [1.54, 1.807) is 48.5 Å². The molecule has 0 spiro atoms. The fourth-order valence-corrected chi connectivity index (χ4v) is 5.03. The Hall–Kier alpha value is -4.32. The number of fused-ring (bicyclic) bond motifs is 1. The van der Waals surface area contributed by atoms with Gasteiger partial charge in [0.05, 0.1) is 17.4 Å². The van der Waals surface area contributed by atoms with E-state index in [1.165, 1.54) is 16.8 Å². The van der Waals surface area contributed by atoms with E-state index in [-0.39, 0.29) is 40.7 Å². The van der Waals surface area contributed by atoms with Crippen molar-refractivity contribution in [2.45, 2.75) is 33.0 Å². The summed E-state index contributed by atoms with van der Waals surface area (Å²) in [6, 6.07) is 9.27. The van der Waals surface area contributed by atoms with Gasteiger partial charge in [-0.3, -0.25) is 19.0 Å². The zero-order valence-corrected chi connectivity index (χ0v) is 21.9. The number of aryl methyl sites for hydroxylation is 1. The molecule has 1 aliphatic heterocycles. The minimum absolute atomic E-state index is 0.122. The molecule has 1 N–H and O–H groups in total. The second-order valence-corrected chi connectivity index (χ2v) is 9.71. The van der Waals surface area contributed by atoms with Gasteiger partial charge in [0, 0.05) is 60.3 Å². The number of benzene rings is 2. The number of rotatable bonds is 7. The molecular formula is C28H30F2N6O4. The first-order chi connectivity index (χ1) is 20.4. The Morgan fingerprint density at radius 3 is 2.62 bits per heavy atom. The van der Waals surface area contributed by atoms with Crippen LogP contribution in [-0.2, 0) is 18.3 Å². The molecule has 0 bridgehead atoms. The Morgan fingerprint density at radius 2 is 1.95 bits per heavy atom. The number of piperazine rings is 1. The minimum atomic E-state index is -3.09. The van der Waals surface area contributed by atoms with Crippen LogP contribution in [0.15, 0.2) is 53.6 Å². The predicted molar refractivity (Wildman–Crippen MR) is 146 cm³/mol. The number of hydrogen-bond acceptors (Lipinski definition) is 7. The molecule has 40 heavy (non-hydrogen) atoms. The molecule has 2 aromatic carbocycles. The number of aliphatic hydroxyl groups excluding tert-OH is 1. The second kappa shape index (κ2) is 11.0. The number of aliphatic hydroxyl groups is 1. The first-order valence-corrected chi connectivity index (χ1v) is 12.7. The maximum atomic E-state index is 13.3. The maximum Gasteiger partial charge on any atom is 0.387 e. The van der Waals surface area contributed by atoms with Crippen LogP contribution >= 0.6 is 0 Å². The van der Waals surface area contributed by atoms with E-state index >= 15 is 0 Å². The first-order valence-electron chi connectivity index (χ1n) is 14.2. The van der Waals surface area contributed by atoms with Crippen molar-refractivity contribution in [1.29, 1.82) is 0 Å². The van der Waals surface area contributed by atoms with Crippen molar-refractivity contribution < 1.29 is 27.5 Å². The Balaban J connectivity index is 1.51. The lowest BCUT2D eigenvalue weighted by molar-refractivity contribution is -0.136. The molecule has 210 valence electrons. The monoisotopic (exact) mass is 555 g/mol. The summed E-state index contributed by atoms with van der Waals surface area (Å²) in [6.07, 6.45) is 3.22. The summed E-state index contributed by atoms with van der Waals surface area (Å²) in [5.74, 6) is 0.0111. The zero-order chi connectivity index (χ0) is 31.1. The minimum Gasteiger partial charge on any atom is -0.434 e. The van der Waals surface area contributed by atoms with E-state index in [0.29, 0.717) is 41.4 Å². The zero-order valence-electron chi connectivity index (χ0n) is 24.9. The van der Waals surface area contributed by atoms with Gasteiger partial charge in [0.25, 0.3) is 5.56 Å². The molecule has 1 amide bonds. The van der Waals surface area contributed by atoms with Gasteiger partial charge in [0.15, 0.2) is 0 Å². The lowest BCUT2D eigenvalue weighted by atomic mass is 10.1. The van der Waals surface area contributed by atoms with Gasteiger partial charge in [-0.1, -0.05) is 23.8 Å². The molecule has 1 atom stereocenters. The van der Waals surface area contributed by atoms with Crippen molar-refractivity contribution in [3.05, 3.63) is 70.3 Å². The highest BCUT2D eigenvalue weighted by Crippen LogP contribution is 2.27. The van der Waals surface area contributed by atoms with Crippen molar-refractivity contribution in [2.24, 2.45) is 6.98 Å². The highest BCUT2D eigenvalue weighted by Gasteiger charge is 2.28. The van der Waals surface area contributed by atoms with E-state index in [4.69, 9.17) is 4.11 Å². The molecule has 0 radical (unpaired) electrons. The number of alkyl halides is 2. The van der Waals surface area contributed by atoms with Crippen LogP contribution in [0.3, 0.4) is 0 Å². The summed E-state index contributed by atoms with van der Waals surface area (Å²) in [6.45, 7) is -1.65. The lowest BCUT2D eigenvalue weighted by Gasteiger charge is -2.39. The van der Waals surface area contributed by atoms with Crippen LogP contribution in [0.4, 0.5) is 14.7 Å². The van der Waals surface area contributed by atoms with Gasteiger partial charge in [0.2, 0.25) is 11.9 Å². The summed E-state index contributed by atoms with van der Waals surface area (Å²) in [4.78, 5) is 37.7. The number of carbonyl (C=O) groups excluding carboxylic acids is 1. The molecule has 12 heteroatoms. The Labute approximate surface area is 233 Å². The van der Waals surface area contributed by atoms with Crippen LogP contribution in [0.2, 0.25) is 0 Å². The van der Waals surface area contributed by atoms with Gasteiger partial charge in [-0.05, 0) is 37.6 Å². The molecule has 2 aromatic heterocycles. The van der Waals surface area contributed by atoms with Gasteiger partial charge in [-0.2, -0.15) is 8.78 Å². The quantitative estimate of drug-likeness (QED) is 0.374. The molecule has 1 fully saturated rings. The summed E-state index contributed by atoms with van der Waals surface area (Å²) in [5.41, 5.74) is 1.77. The first kappa shape index (κ1) is 23.6. The average Bonchev–Trinajstić information content (AvgIpc) is 3.24. The SMILES string of the molecule is [2H]C([2H])([2H])n1c(=O)c2ccc(-c3cnc(N4CCN(C(=O)CO)[C@H](C)C4)nc3)cc2n1Cc1cc(C)ccc1OC(F)F. The Bertz CT molecular complexity index is 1710. The van der Waals surface area contributed by atoms with Crippen molar-refractivity contribution in [1.82, 2.24) is 24.2 Å². The van der Waals surface area contributed by atoms with Crippen molar-refractivity contribution in [3.63, 3.8) is 0 Å². The number of ether oxygens (including phenoxy) is 1. The third kappa shape index (κ3) is 5.26. The van der Waals surface area contributed by atoms with E-state index in [0.717, 1.165) is 5.56 Å². The molecular weight excluding hydrogens is 522 g/mol. The molecule has 1 saturated heterocycles. The molecule has 0 unspecified atom stereocenters. The molecule has 4 aromatic rings.